The molecule has 0 unspecified atom stereocenters. The molecule has 92 valence electrons. The van der Waals surface area contributed by atoms with Crippen LogP contribution < -0.4 is 4.74 Å². The topological polar surface area (TPSA) is 65.3 Å². The van der Waals surface area contributed by atoms with Crippen molar-refractivity contribution in [2.75, 3.05) is 7.11 Å². The molecule has 0 saturated heterocycles. The number of nitrogens with zero attached hydrogens (tertiary/aromatic N) is 2. The van der Waals surface area contributed by atoms with Crippen LogP contribution in [0.3, 0.4) is 0 Å². The van der Waals surface area contributed by atoms with E-state index in [4.69, 9.17) is 4.74 Å². The largest absolute Gasteiger partial charge is 0.492 e. The minimum atomic E-state index is -0.591. The molecular weight excluding hydrogens is 239 g/mol. The lowest BCUT2D eigenvalue weighted by molar-refractivity contribution is -0.389. The number of pyridine rings is 1. The van der Waals surface area contributed by atoms with Crippen molar-refractivity contribution < 1.29 is 14.1 Å². The Bertz CT molecular complexity index is 584. The highest BCUT2D eigenvalue weighted by Gasteiger charge is 2.17. The van der Waals surface area contributed by atoms with Gasteiger partial charge in [-0.2, -0.15) is 0 Å². The number of benzene rings is 1. The number of halogens is 1. The summed E-state index contributed by atoms with van der Waals surface area (Å²) in [7, 11) is 1.44. The van der Waals surface area contributed by atoms with Gasteiger partial charge in [0.15, 0.2) is 5.75 Å². The van der Waals surface area contributed by atoms with Crippen molar-refractivity contribution in [2.45, 2.75) is 0 Å². The van der Waals surface area contributed by atoms with Crippen LogP contribution in [0, 0.1) is 15.9 Å². The third-order valence-corrected chi connectivity index (χ3v) is 2.37. The molecule has 18 heavy (non-hydrogen) atoms. The SMILES string of the molecule is COc1ccc([N+](=O)[O-])nc1-c1ccc(F)cc1. The number of rotatable bonds is 3. The maximum absolute atomic E-state index is 12.8. The van der Waals surface area contributed by atoms with E-state index in [1.54, 1.807) is 0 Å². The van der Waals surface area contributed by atoms with Crippen molar-refractivity contribution in [2.24, 2.45) is 0 Å². The zero-order chi connectivity index (χ0) is 13.1. The van der Waals surface area contributed by atoms with Crippen molar-refractivity contribution >= 4 is 5.82 Å². The number of hydrogen-bond acceptors (Lipinski definition) is 4. The molecule has 0 radical (unpaired) electrons. The van der Waals surface area contributed by atoms with Gasteiger partial charge in [0.1, 0.15) is 5.82 Å². The monoisotopic (exact) mass is 248 g/mol. The fourth-order valence-electron chi connectivity index (χ4n) is 1.52. The first-order valence-corrected chi connectivity index (χ1v) is 5.07. The molecule has 1 aromatic carbocycles. The second-order valence-electron chi connectivity index (χ2n) is 3.48. The first-order valence-electron chi connectivity index (χ1n) is 5.07. The fraction of sp³-hybridized carbons (Fsp3) is 0.0833. The highest BCUT2D eigenvalue weighted by Crippen LogP contribution is 2.29. The molecule has 0 saturated carbocycles. The molecule has 5 nitrogen and oxygen atoms in total. The van der Waals surface area contributed by atoms with E-state index < -0.39 is 4.92 Å². The summed E-state index contributed by atoms with van der Waals surface area (Å²) in [5.41, 5.74) is 0.864. The Labute approximate surface area is 102 Å². The molecule has 0 fully saturated rings. The van der Waals surface area contributed by atoms with E-state index in [1.807, 2.05) is 0 Å². The molecule has 0 atom stereocenters. The first-order chi connectivity index (χ1) is 8.61. The van der Waals surface area contributed by atoms with Gasteiger partial charge in [-0.25, -0.2) is 4.39 Å². The summed E-state index contributed by atoms with van der Waals surface area (Å²) >= 11 is 0. The lowest BCUT2D eigenvalue weighted by Gasteiger charge is -2.04. The van der Waals surface area contributed by atoms with Crippen LogP contribution in [-0.2, 0) is 0 Å². The third-order valence-electron chi connectivity index (χ3n) is 2.37. The van der Waals surface area contributed by atoms with E-state index >= 15 is 0 Å². The van der Waals surface area contributed by atoms with Gasteiger partial charge in [0.25, 0.3) is 0 Å². The Kier molecular flexibility index (Phi) is 3.18. The Morgan fingerprint density at radius 3 is 2.44 bits per heavy atom. The summed E-state index contributed by atoms with van der Waals surface area (Å²) in [6.45, 7) is 0. The highest BCUT2D eigenvalue weighted by molar-refractivity contribution is 5.67. The standard InChI is InChI=1S/C12H9FN2O3/c1-18-10-6-7-11(15(16)17)14-12(10)8-2-4-9(13)5-3-8/h2-7H,1H3. The predicted molar refractivity (Wildman–Crippen MR) is 62.8 cm³/mol. The number of aromatic nitrogens is 1. The van der Waals surface area contributed by atoms with Crippen molar-refractivity contribution in [3.63, 3.8) is 0 Å². The summed E-state index contributed by atoms with van der Waals surface area (Å²) in [5, 5.41) is 10.7. The molecule has 0 spiro atoms. The van der Waals surface area contributed by atoms with E-state index in [0.29, 0.717) is 17.0 Å². The first kappa shape index (κ1) is 12.0. The summed E-state index contributed by atoms with van der Waals surface area (Å²) in [6.07, 6.45) is 0. The molecule has 1 aromatic heterocycles. The third kappa shape index (κ3) is 2.27. The van der Waals surface area contributed by atoms with Crippen LogP contribution in [0.25, 0.3) is 11.3 Å². The van der Waals surface area contributed by atoms with Crippen LogP contribution >= 0.6 is 0 Å². The van der Waals surface area contributed by atoms with E-state index in [9.17, 15) is 14.5 Å². The number of hydrogen-bond donors (Lipinski definition) is 0. The van der Waals surface area contributed by atoms with Gasteiger partial charge in [-0.15, -0.1) is 0 Å². The van der Waals surface area contributed by atoms with Crippen molar-refractivity contribution in [1.82, 2.24) is 4.98 Å². The normalized spacial score (nSPS) is 10.1. The quantitative estimate of drug-likeness (QED) is 0.618. The van der Waals surface area contributed by atoms with E-state index in [2.05, 4.69) is 4.98 Å². The van der Waals surface area contributed by atoms with Crippen LogP contribution in [0.15, 0.2) is 36.4 Å². The zero-order valence-electron chi connectivity index (χ0n) is 9.46. The molecule has 1 heterocycles. The molecule has 2 rings (SSSR count). The summed E-state index contributed by atoms with van der Waals surface area (Å²) in [5.74, 6) is -0.273. The minimum Gasteiger partial charge on any atom is -0.492 e. The number of nitro groups is 1. The van der Waals surface area contributed by atoms with E-state index in [-0.39, 0.29) is 11.6 Å². The molecule has 2 aromatic rings. The minimum absolute atomic E-state index is 0.282. The van der Waals surface area contributed by atoms with Crippen molar-refractivity contribution in [1.29, 1.82) is 0 Å². The zero-order valence-corrected chi connectivity index (χ0v) is 9.46. The summed E-state index contributed by atoms with van der Waals surface area (Å²) < 4.78 is 17.9. The smallest absolute Gasteiger partial charge is 0.364 e. The highest BCUT2D eigenvalue weighted by atomic mass is 19.1. The lowest BCUT2D eigenvalue weighted by atomic mass is 10.1. The Hall–Kier alpha value is -2.50. The maximum Gasteiger partial charge on any atom is 0.364 e. The molecule has 0 bridgehead atoms. The van der Waals surface area contributed by atoms with Crippen LogP contribution in [0.2, 0.25) is 0 Å². The molecule has 6 heteroatoms. The second-order valence-corrected chi connectivity index (χ2v) is 3.48. The maximum atomic E-state index is 12.8. The molecule has 0 aliphatic rings. The molecule has 0 aliphatic heterocycles. The van der Waals surface area contributed by atoms with Gasteiger partial charge in [0, 0.05) is 11.6 Å². The van der Waals surface area contributed by atoms with Crippen LogP contribution in [0.1, 0.15) is 0 Å². The van der Waals surface area contributed by atoms with Crippen LogP contribution in [0.5, 0.6) is 5.75 Å². The summed E-state index contributed by atoms with van der Waals surface area (Å²) in [6, 6.07) is 8.22. The Balaban J connectivity index is 2.56. The number of methoxy groups -OCH3 is 1. The summed E-state index contributed by atoms with van der Waals surface area (Å²) in [4.78, 5) is 14.0. The fourth-order valence-corrected chi connectivity index (χ4v) is 1.52. The van der Waals surface area contributed by atoms with Gasteiger partial charge in [-0.1, -0.05) is 0 Å². The van der Waals surface area contributed by atoms with Gasteiger partial charge in [0.2, 0.25) is 5.69 Å². The van der Waals surface area contributed by atoms with E-state index in [0.717, 1.165) is 0 Å². The van der Waals surface area contributed by atoms with Gasteiger partial charge >= 0.3 is 5.82 Å². The molecular formula is C12H9FN2O3. The second kappa shape index (κ2) is 4.79. The van der Waals surface area contributed by atoms with Gasteiger partial charge in [-0.05, 0) is 40.2 Å². The predicted octanol–water partition coefficient (Wildman–Crippen LogP) is 2.80. The van der Waals surface area contributed by atoms with Crippen molar-refractivity contribution in [3.05, 3.63) is 52.3 Å². The lowest BCUT2D eigenvalue weighted by Crippen LogP contribution is -1.96. The average Bonchev–Trinajstić information content (AvgIpc) is 2.39. The molecule has 0 amide bonds. The Morgan fingerprint density at radius 2 is 1.89 bits per heavy atom. The van der Waals surface area contributed by atoms with Crippen LogP contribution in [0.4, 0.5) is 10.2 Å². The van der Waals surface area contributed by atoms with E-state index in [1.165, 1.54) is 43.5 Å². The molecule has 0 N–H and O–H groups in total. The molecule has 0 aliphatic carbocycles. The van der Waals surface area contributed by atoms with Crippen LogP contribution in [-0.4, -0.2) is 17.0 Å². The van der Waals surface area contributed by atoms with Gasteiger partial charge in [-0.3, -0.25) is 0 Å². The number of ether oxygens (including phenoxy) is 1. The van der Waals surface area contributed by atoms with Gasteiger partial charge in [0.05, 0.1) is 7.11 Å². The van der Waals surface area contributed by atoms with Crippen molar-refractivity contribution in [3.8, 4) is 17.0 Å². The van der Waals surface area contributed by atoms with Gasteiger partial charge < -0.3 is 14.9 Å². The Morgan fingerprint density at radius 1 is 1.22 bits per heavy atom. The average molecular weight is 248 g/mol.